The van der Waals surface area contributed by atoms with Crippen molar-refractivity contribution in [2.45, 2.75) is 33.6 Å². The first-order valence-electron chi connectivity index (χ1n) is 11.5. The predicted octanol–water partition coefficient (Wildman–Crippen LogP) is 6.13. The molecule has 1 heterocycles. The molecule has 0 spiro atoms. The molecule has 0 saturated heterocycles. The van der Waals surface area contributed by atoms with E-state index in [0.29, 0.717) is 22.2 Å². The molecule has 3 aromatic carbocycles. The summed E-state index contributed by atoms with van der Waals surface area (Å²) in [5, 5.41) is 3.63. The predicted molar refractivity (Wildman–Crippen MR) is 136 cm³/mol. The van der Waals surface area contributed by atoms with Gasteiger partial charge in [-0.25, -0.2) is 9.78 Å². The number of carbonyl (C=O) groups excluding carboxylic acids is 2. The number of pyridine rings is 1. The van der Waals surface area contributed by atoms with Gasteiger partial charge in [0.2, 0.25) is 0 Å². The van der Waals surface area contributed by atoms with Gasteiger partial charge < -0.3 is 10.1 Å². The summed E-state index contributed by atoms with van der Waals surface area (Å²) in [5.74, 6) is -0.914. The second-order valence-corrected chi connectivity index (χ2v) is 8.22. The molecule has 0 bridgehead atoms. The number of nitrogens with one attached hydrogen (secondary N) is 1. The maximum absolute atomic E-state index is 13.1. The van der Waals surface area contributed by atoms with Crippen LogP contribution in [0.2, 0.25) is 0 Å². The number of esters is 1. The molecule has 4 rings (SSSR count). The zero-order chi connectivity index (χ0) is 24.1. The summed E-state index contributed by atoms with van der Waals surface area (Å²) >= 11 is 0. The van der Waals surface area contributed by atoms with Gasteiger partial charge in [-0.1, -0.05) is 80.1 Å². The van der Waals surface area contributed by atoms with Crippen molar-refractivity contribution in [3.05, 3.63) is 95.1 Å². The zero-order valence-corrected chi connectivity index (χ0v) is 19.7. The summed E-state index contributed by atoms with van der Waals surface area (Å²) in [6.45, 7) is 5.75. The number of fused-ring (bicyclic) bond motifs is 1. The van der Waals surface area contributed by atoms with Crippen LogP contribution in [0.5, 0.6) is 0 Å². The van der Waals surface area contributed by atoms with E-state index in [1.165, 1.54) is 0 Å². The fourth-order valence-corrected chi connectivity index (χ4v) is 4.00. The van der Waals surface area contributed by atoms with Crippen molar-refractivity contribution in [2.75, 3.05) is 11.9 Å². The molecule has 1 N–H and O–H groups in total. The largest absolute Gasteiger partial charge is 0.452 e. The van der Waals surface area contributed by atoms with Gasteiger partial charge in [-0.3, -0.25) is 4.79 Å². The van der Waals surface area contributed by atoms with E-state index in [9.17, 15) is 9.59 Å². The van der Waals surface area contributed by atoms with Crippen LogP contribution >= 0.6 is 0 Å². The van der Waals surface area contributed by atoms with Crippen molar-refractivity contribution in [1.82, 2.24) is 4.98 Å². The Morgan fingerprint density at radius 3 is 2.24 bits per heavy atom. The second-order valence-electron chi connectivity index (χ2n) is 8.22. The van der Waals surface area contributed by atoms with E-state index >= 15 is 0 Å². The van der Waals surface area contributed by atoms with Gasteiger partial charge in [-0.15, -0.1) is 0 Å². The number of carbonyl (C=O) groups is 2. The SMILES string of the molecule is CCc1cccc(CC)c1NC(=O)COC(=O)c1cc(-c2ccc(C)cc2)nc2ccccc12. The van der Waals surface area contributed by atoms with Crippen molar-refractivity contribution in [2.24, 2.45) is 0 Å². The smallest absolute Gasteiger partial charge is 0.339 e. The number of aromatic nitrogens is 1. The molecule has 172 valence electrons. The van der Waals surface area contributed by atoms with E-state index in [-0.39, 0.29) is 12.5 Å². The Morgan fingerprint density at radius 2 is 1.56 bits per heavy atom. The van der Waals surface area contributed by atoms with Crippen LogP contribution in [-0.2, 0) is 22.4 Å². The molecule has 0 atom stereocenters. The van der Waals surface area contributed by atoms with Crippen molar-refractivity contribution in [1.29, 1.82) is 0 Å². The number of para-hydroxylation sites is 2. The molecule has 0 unspecified atom stereocenters. The summed E-state index contributed by atoms with van der Waals surface area (Å²) in [7, 11) is 0. The maximum Gasteiger partial charge on any atom is 0.339 e. The number of ether oxygens (including phenoxy) is 1. The number of anilines is 1. The van der Waals surface area contributed by atoms with Crippen LogP contribution in [0.25, 0.3) is 22.2 Å². The van der Waals surface area contributed by atoms with Crippen molar-refractivity contribution in [3.63, 3.8) is 0 Å². The van der Waals surface area contributed by atoms with Crippen molar-refractivity contribution < 1.29 is 14.3 Å². The molecule has 0 aliphatic heterocycles. The third-order valence-corrected chi connectivity index (χ3v) is 5.88. The summed E-state index contributed by atoms with van der Waals surface area (Å²) in [6.07, 6.45) is 1.60. The van der Waals surface area contributed by atoms with Crippen LogP contribution in [0.4, 0.5) is 5.69 Å². The highest BCUT2D eigenvalue weighted by Crippen LogP contribution is 2.26. The lowest BCUT2D eigenvalue weighted by Gasteiger charge is -2.15. The van der Waals surface area contributed by atoms with E-state index in [2.05, 4.69) is 5.32 Å². The molecule has 0 radical (unpaired) electrons. The van der Waals surface area contributed by atoms with Crippen molar-refractivity contribution >= 4 is 28.5 Å². The molecule has 0 aliphatic carbocycles. The zero-order valence-electron chi connectivity index (χ0n) is 19.7. The monoisotopic (exact) mass is 452 g/mol. The van der Waals surface area contributed by atoms with Gasteiger partial charge in [-0.05, 0) is 43.0 Å². The van der Waals surface area contributed by atoms with E-state index in [1.54, 1.807) is 6.07 Å². The summed E-state index contributed by atoms with van der Waals surface area (Å²) < 4.78 is 5.45. The molecule has 0 fully saturated rings. The highest BCUT2D eigenvalue weighted by atomic mass is 16.5. The molecule has 0 aliphatic rings. The number of hydrogen-bond donors (Lipinski definition) is 1. The van der Waals surface area contributed by atoms with Gasteiger partial charge in [0.1, 0.15) is 0 Å². The van der Waals surface area contributed by atoms with Gasteiger partial charge in [-0.2, -0.15) is 0 Å². The van der Waals surface area contributed by atoms with Crippen LogP contribution in [-0.4, -0.2) is 23.5 Å². The van der Waals surface area contributed by atoms with E-state index < -0.39 is 5.97 Å². The first-order valence-corrected chi connectivity index (χ1v) is 11.5. The maximum atomic E-state index is 13.1. The average Bonchev–Trinajstić information content (AvgIpc) is 2.87. The molecular formula is C29H28N2O3. The summed E-state index contributed by atoms with van der Waals surface area (Å²) in [6, 6.07) is 23.1. The van der Waals surface area contributed by atoms with Crippen LogP contribution < -0.4 is 5.32 Å². The van der Waals surface area contributed by atoms with Gasteiger partial charge in [0, 0.05) is 16.6 Å². The van der Waals surface area contributed by atoms with Crippen LogP contribution in [0.15, 0.2) is 72.8 Å². The minimum absolute atomic E-state index is 0.360. The fraction of sp³-hybridized carbons (Fsp3) is 0.207. The second kappa shape index (κ2) is 10.3. The Kier molecular flexibility index (Phi) is 7.02. The van der Waals surface area contributed by atoms with Gasteiger partial charge in [0.05, 0.1) is 16.8 Å². The number of nitrogens with zero attached hydrogens (tertiary/aromatic N) is 1. The van der Waals surface area contributed by atoms with Gasteiger partial charge >= 0.3 is 5.97 Å². The highest BCUT2D eigenvalue weighted by Gasteiger charge is 2.17. The fourth-order valence-electron chi connectivity index (χ4n) is 4.00. The van der Waals surface area contributed by atoms with Gasteiger partial charge in [0.15, 0.2) is 6.61 Å². The van der Waals surface area contributed by atoms with E-state index in [4.69, 9.17) is 9.72 Å². The van der Waals surface area contributed by atoms with Crippen LogP contribution in [0.3, 0.4) is 0 Å². The Bertz CT molecular complexity index is 1320. The van der Waals surface area contributed by atoms with E-state index in [1.807, 2.05) is 87.5 Å². The molecule has 34 heavy (non-hydrogen) atoms. The van der Waals surface area contributed by atoms with Crippen LogP contribution in [0, 0.1) is 6.92 Å². The van der Waals surface area contributed by atoms with Gasteiger partial charge in [0.25, 0.3) is 5.91 Å². The Hall–Kier alpha value is -3.99. The molecule has 1 amide bonds. The molecule has 1 aromatic heterocycles. The third kappa shape index (κ3) is 4.99. The minimum Gasteiger partial charge on any atom is -0.452 e. The summed E-state index contributed by atoms with van der Waals surface area (Å²) in [4.78, 5) is 30.5. The number of rotatable bonds is 7. The Morgan fingerprint density at radius 1 is 0.882 bits per heavy atom. The normalized spacial score (nSPS) is 10.8. The first kappa shape index (κ1) is 23.2. The number of hydrogen-bond acceptors (Lipinski definition) is 4. The lowest BCUT2D eigenvalue weighted by Crippen LogP contribution is -2.22. The lowest BCUT2D eigenvalue weighted by molar-refractivity contribution is -0.119. The topological polar surface area (TPSA) is 68.3 Å². The Labute approximate surface area is 199 Å². The molecule has 0 saturated carbocycles. The highest BCUT2D eigenvalue weighted by molar-refractivity contribution is 6.05. The van der Waals surface area contributed by atoms with Crippen molar-refractivity contribution in [3.8, 4) is 11.3 Å². The number of aryl methyl sites for hydroxylation is 3. The standard InChI is InChI=1S/C29H28N2O3/c1-4-20-9-8-10-21(5-2)28(20)31-27(32)18-34-29(33)24-17-26(22-15-13-19(3)14-16-22)30-25-12-7-6-11-23(24)25/h6-17H,4-5,18H2,1-3H3,(H,31,32). The van der Waals surface area contributed by atoms with E-state index in [0.717, 1.165) is 40.8 Å². The molecular weight excluding hydrogens is 424 g/mol. The number of benzene rings is 3. The molecule has 5 nitrogen and oxygen atoms in total. The molecule has 4 aromatic rings. The summed E-state index contributed by atoms with van der Waals surface area (Å²) in [5.41, 5.74) is 6.74. The first-order chi connectivity index (χ1) is 16.5. The van der Waals surface area contributed by atoms with Crippen LogP contribution in [0.1, 0.15) is 40.9 Å². The third-order valence-electron chi connectivity index (χ3n) is 5.88. The number of amides is 1. The minimum atomic E-state index is -0.554. The lowest BCUT2D eigenvalue weighted by atomic mass is 10.0. The quantitative estimate of drug-likeness (QED) is 0.343. The Balaban J connectivity index is 1.56. The average molecular weight is 453 g/mol. The molecule has 5 heteroatoms.